The molecule has 0 aliphatic carbocycles. The second kappa shape index (κ2) is 7.25. The molecule has 19 heavy (non-hydrogen) atoms. The fourth-order valence-electron chi connectivity index (χ4n) is 1.75. The van der Waals surface area contributed by atoms with Gasteiger partial charge in [0.2, 0.25) is 0 Å². The Balaban J connectivity index is 2.32. The maximum Gasteiger partial charge on any atom is 0.335 e. The van der Waals surface area contributed by atoms with Gasteiger partial charge in [-0.2, -0.15) is 0 Å². The summed E-state index contributed by atoms with van der Waals surface area (Å²) in [6.07, 6.45) is 2.40. The molecule has 0 aromatic heterocycles. The monoisotopic (exact) mass is 285 g/mol. The summed E-state index contributed by atoms with van der Waals surface area (Å²) in [5.41, 5.74) is 1.10. The SMILES string of the molecule is CS(=O)(=O)CCCNCCc1ccccc1C(=O)O. The molecular weight excluding hydrogens is 266 g/mol. The van der Waals surface area contributed by atoms with Crippen molar-refractivity contribution in [3.8, 4) is 0 Å². The highest BCUT2D eigenvalue weighted by Gasteiger charge is 2.08. The van der Waals surface area contributed by atoms with Crippen LogP contribution in [0.4, 0.5) is 0 Å². The Morgan fingerprint density at radius 2 is 1.95 bits per heavy atom. The molecule has 0 saturated carbocycles. The molecule has 6 heteroatoms. The van der Waals surface area contributed by atoms with Gasteiger partial charge in [0.05, 0.1) is 11.3 Å². The highest BCUT2D eigenvalue weighted by molar-refractivity contribution is 7.90. The summed E-state index contributed by atoms with van der Waals surface area (Å²) >= 11 is 0. The van der Waals surface area contributed by atoms with Crippen molar-refractivity contribution in [2.24, 2.45) is 0 Å². The maximum atomic E-state index is 11.0. The molecule has 1 aromatic rings. The third-order valence-electron chi connectivity index (χ3n) is 2.69. The molecule has 0 heterocycles. The number of sulfone groups is 1. The third-order valence-corrected chi connectivity index (χ3v) is 3.72. The van der Waals surface area contributed by atoms with Crippen LogP contribution in [0.5, 0.6) is 0 Å². The zero-order valence-corrected chi connectivity index (χ0v) is 11.7. The van der Waals surface area contributed by atoms with Gasteiger partial charge in [-0.05, 0) is 37.6 Å². The van der Waals surface area contributed by atoms with Crippen molar-refractivity contribution < 1.29 is 18.3 Å². The van der Waals surface area contributed by atoms with E-state index >= 15 is 0 Å². The topological polar surface area (TPSA) is 83.5 Å². The van der Waals surface area contributed by atoms with Crippen LogP contribution in [-0.4, -0.2) is 44.6 Å². The first kappa shape index (κ1) is 15.7. The molecule has 0 aliphatic heterocycles. The number of aromatic carboxylic acids is 1. The van der Waals surface area contributed by atoms with E-state index in [0.717, 1.165) is 5.56 Å². The second-order valence-electron chi connectivity index (χ2n) is 4.45. The average Bonchev–Trinajstić information content (AvgIpc) is 2.32. The summed E-state index contributed by atoms with van der Waals surface area (Å²) < 4.78 is 21.8. The van der Waals surface area contributed by atoms with Crippen molar-refractivity contribution in [3.63, 3.8) is 0 Å². The van der Waals surface area contributed by atoms with Gasteiger partial charge in [0.15, 0.2) is 0 Å². The van der Waals surface area contributed by atoms with Crippen LogP contribution >= 0.6 is 0 Å². The van der Waals surface area contributed by atoms with Crippen LogP contribution in [0, 0.1) is 0 Å². The van der Waals surface area contributed by atoms with Crippen LogP contribution in [0.3, 0.4) is 0 Å². The molecule has 0 spiro atoms. The van der Waals surface area contributed by atoms with Crippen molar-refractivity contribution in [3.05, 3.63) is 35.4 Å². The lowest BCUT2D eigenvalue weighted by atomic mass is 10.0. The Kier molecular flexibility index (Phi) is 5.98. The molecule has 1 rings (SSSR count). The number of hydrogen-bond acceptors (Lipinski definition) is 4. The highest BCUT2D eigenvalue weighted by atomic mass is 32.2. The molecule has 0 saturated heterocycles. The lowest BCUT2D eigenvalue weighted by molar-refractivity contribution is 0.0695. The summed E-state index contributed by atoms with van der Waals surface area (Å²) in [6.45, 7) is 1.25. The Labute approximate surface area is 113 Å². The number of rotatable bonds is 8. The number of benzene rings is 1. The number of carbonyl (C=O) groups is 1. The maximum absolute atomic E-state index is 11.0. The van der Waals surface area contributed by atoms with Gasteiger partial charge < -0.3 is 10.4 Å². The summed E-state index contributed by atoms with van der Waals surface area (Å²) in [5, 5.41) is 12.1. The van der Waals surface area contributed by atoms with E-state index in [9.17, 15) is 13.2 Å². The Bertz CT molecular complexity index is 525. The molecule has 0 radical (unpaired) electrons. The first-order valence-electron chi connectivity index (χ1n) is 6.10. The zero-order chi connectivity index (χ0) is 14.3. The second-order valence-corrected chi connectivity index (χ2v) is 6.71. The van der Waals surface area contributed by atoms with Crippen LogP contribution in [-0.2, 0) is 16.3 Å². The molecule has 5 nitrogen and oxygen atoms in total. The summed E-state index contributed by atoms with van der Waals surface area (Å²) in [4.78, 5) is 11.0. The largest absolute Gasteiger partial charge is 0.478 e. The number of carboxylic acid groups (broad SMARTS) is 1. The smallest absolute Gasteiger partial charge is 0.335 e. The predicted molar refractivity (Wildman–Crippen MR) is 74.3 cm³/mol. The van der Waals surface area contributed by atoms with Crippen molar-refractivity contribution in [2.75, 3.05) is 25.1 Å². The van der Waals surface area contributed by atoms with Gasteiger partial charge >= 0.3 is 5.97 Å². The molecule has 0 unspecified atom stereocenters. The van der Waals surface area contributed by atoms with Crippen LogP contribution in [0.2, 0.25) is 0 Å². The fraction of sp³-hybridized carbons (Fsp3) is 0.462. The fourth-order valence-corrected chi connectivity index (χ4v) is 2.42. The van der Waals surface area contributed by atoms with E-state index < -0.39 is 15.8 Å². The minimum Gasteiger partial charge on any atom is -0.478 e. The minimum atomic E-state index is -2.90. The van der Waals surface area contributed by atoms with Crippen LogP contribution in [0.1, 0.15) is 22.3 Å². The Hall–Kier alpha value is -1.40. The summed E-state index contributed by atoms with van der Waals surface area (Å²) in [6, 6.07) is 6.89. The highest BCUT2D eigenvalue weighted by Crippen LogP contribution is 2.08. The van der Waals surface area contributed by atoms with Crippen LogP contribution < -0.4 is 5.32 Å². The number of hydrogen-bond donors (Lipinski definition) is 2. The zero-order valence-electron chi connectivity index (χ0n) is 10.9. The molecule has 0 amide bonds. The number of nitrogens with one attached hydrogen (secondary N) is 1. The Morgan fingerprint density at radius 1 is 1.26 bits per heavy atom. The van der Waals surface area contributed by atoms with Crippen molar-refractivity contribution >= 4 is 15.8 Å². The molecule has 0 fully saturated rings. The first-order chi connectivity index (χ1) is 8.90. The summed E-state index contributed by atoms with van der Waals surface area (Å²) in [7, 11) is -2.90. The number of carboxylic acids is 1. The van der Waals surface area contributed by atoms with E-state index in [0.29, 0.717) is 31.5 Å². The molecule has 0 bridgehead atoms. The molecule has 0 atom stereocenters. The Morgan fingerprint density at radius 3 is 2.58 bits per heavy atom. The van der Waals surface area contributed by atoms with Gasteiger partial charge in [-0.25, -0.2) is 13.2 Å². The quantitative estimate of drug-likeness (QED) is 0.695. The van der Waals surface area contributed by atoms with Gasteiger partial charge in [-0.3, -0.25) is 0 Å². The van der Waals surface area contributed by atoms with Crippen LogP contribution in [0.25, 0.3) is 0 Å². The van der Waals surface area contributed by atoms with E-state index in [-0.39, 0.29) is 5.75 Å². The van der Waals surface area contributed by atoms with E-state index in [2.05, 4.69) is 5.32 Å². The molecule has 2 N–H and O–H groups in total. The van der Waals surface area contributed by atoms with Gasteiger partial charge in [0.25, 0.3) is 0 Å². The third kappa shape index (κ3) is 6.35. The molecule has 1 aromatic carbocycles. The van der Waals surface area contributed by atoms with Crippen LogP contribution in [0.15, 0.2) is 24.3 Å². The van der Waals surface area contributed by atoms with Gasteiger partial charge in [0, 0.05) is 6.26 Å². The van der Waals surface area contributed by atoms with E-state index in [1.165, 1.54) is 6.26 Å². The van der Waals surface area contributed by atoms with E-state index in [4.69, 9.17) is 5.11 Å². The predicted octanol–water partition coefficient (Wildman–Crippen LogP) is 0.952. The van der Waals surface area contributed by atoms with Gasteiger partial charge in [-0.1, -0.05) is 18.2 Å². The molecular formula is C13H19NO4S. The van der Waals surface area contributed by atoms with Crippen molar-refractivity contribution in [1.29, 1.82) is 0 Å². The molecule has 0 aliphatic rings. The van der Waals surface area contributed by atoms with Gasteiger partial charge in [-0.15, -0.1) is 0 Å². The van der Waals surface area contributed by atoms with Crippen molar-refractivity contribution in [1.82, 2.24) is 5.32 Å². The summed E-state index contributed by atoms with van der Waals surface area (Å²) in [5.74, 6) is -0.751. The van der Waals surface area contributed by atoms with E-state index in [1.54, 1.807) is 18.2 Å². The average molecular weight is 285 g/mol. The first-order valence-corrected chi connectivity index (χ1v) is 8.16. The molecule has 106 valence electrons. The lowest BCUT2D eigenvalue weighted by Gasteiger charge is -2.07. The van der Waals surface area contributed by atoms with Crippen molar-refractivity contribution in [2.45, 2.75) is 12.8 Å². The minimum absolute atomic E-state index is 0.172. The van der Waals surface area contributed by atoms with E-state index in [1.807, 2.05) is 6.07 Å². The van der Waals surface area contributed by atoms with Gasteiger partial charge in [0.1, 0.15) is 9.84 Å². The normalized spacial score (nSPS) is 11.4. The standard InChI is InChI=1S/C13H19NO4S/c1-19(17,18)10-4-8-14-9-7-11-5-2-3-6-12(11)13(15)16/h2-3,5-6,14H,4,7-10H2,1H3,(H,15,16). The lowest BCUT2D eigenvalue weighted by Crippen LogP contribution is -2.21.